The Balaban J connectivity index is 1.27. The van der Waals surface area contributed by atoms with E-state index in [1.54, 1.807) is 17.5 Å². The number of benzene rings is 1. The van der Waals surface area contributed by atoms with Crippen molar-refractivity contribution in [3.8, 4) is 33.8 Å². The Bertz CT molecular complexity index is 1810. The van der Waals surface area contributed by atoms with Crippen LogP contribution in [0, 0.1) is 0 Å². The van der Waals surface area contributed by atoms with Gasteiger partial charge in [0.25, 0.3) is 5.92 Å². The zero-order valence-corrected chi connectivity index (χ0v) is 22.0. The molecule has 39 heavy (non-hydrogen) atoms. The van der Waals surface area contributed by atoms with E-state index in [-0.39, 0.29) is 13.0 Å². The number of thiophene rings is 1. The molecule has 1 aliphatic heterocycles. The van der Waals surface area contributed by atoms with Crippen LogP contribution < -0.4 is 0 Å². The van der Waals surface area contributed by atoms with Crippen molar-refractivity contribution in [1.82, 2.24) is 35.0 Å². The molecule has 0 aliphatic carbocycles. The molecule has 2 N–H and O–H groups in total. The molecule has 5 aromatic heterocycles. The summed E-state index contributed by atoms with van der Waals surface area (Å²) in [6.07, 6.45) is 6.19. The topological polar surface area (TPSA) is 86.4 Å². The number of fused-ring (bicyclic) bond motifs is 2. The highest BCUT2D eigenvalue weighted by atomic mass is 32.1. The van der Waals surface area contributed by atoms with Gasteiger partial charge in [-0.1, -0.05) is 19.1 Å². The molecule has 0 bridgehead atoms. The van der Waals surface area contributed by atoms with Gasteiger partial charge in [-0.15, -0.1) is 0 Å². The van der Waals surface area contributed by atoms with E-state index in [0.717, 1.165) is 61.9 Å². The summed E-state index contributed by atoms with van der Waals surface area (Å²) in [6, 6.07) is 10.5. The highest BCUT2D eigenvalue weighted by Gasteiger charge is 2.37. The second kappa shape index (κ2) is 9.32. The van der Waals surface area contributed by atoms with Crippen molar-refractivity contribution >= 4 is 33.4 Å². The van der Waals surface area contributed by atoms with Gasteiger partial charge in [0, 0.05) is 43.0 Å². The summed E-state index contributed by atoms with van der Waals surface area (Å²) >= 11 is 1.63. The fraction of sp³-hybridized carbons (Fsp3) is 0.241. The number of aromatic nitrogens is 6. The molecule has 7 rings (SSSR count). The van der Waals surface area contributed by atoms with Gasteiger partial charge in [0.1, 0.15) is 11.2 Å². The predicted octanol–water partition coefficient (Wildman–Crippen LogP) is 6.70. The van der Waals surface area contributed by atoms with Gasteiger partial charge in [-0.05, 0) is 57.6 Å². The molecule has 0 spiro atoms. The number of aryl methyl sites for hydroxylation is 1. The number of hydrogen-bond donors (Lipinski definition) is 2. The van der Waals surface area contributed by atoms with Gasteiger partial charge in [-0.25, -0.2) is 18.7 Å². The molecule has 7 nitrogen and oxygen atoms in total. The third-order valence-corrected chi connectivity index (χ3v) is 8.01. The quantitative estimate of drug-likeness (QED) is 0.245. The number of likely N-dealkylation sites (tertiary alicyclic amines) is 1. The smallest absolute Gasteiger partial charge is 0.261 e. The van der Waals surface area contributed by atoms with E-state index in [1.807, 2.05) is 22.7 Å². The molecule has 1 fully saturated rings. The molecule has 1 saturated heterocycles. The van der Waals surface area contributed by atoms with Gasteiger partial charge in [0.2, 0.25) is 0 Å². The Kier molecular flexibility index (Phi) is 5.75. The molecule has 0 radical (unpaired) electrons. The number of aromatic amines is 2. The summed E-state index contributed by atoms with van der Waals surface area (Å²) in [5.41, 5.74) is 9.21. The third kappa shape index (κ3) is 4.49. The highest BCUT2D eigenvalue weighted by Crippen LogP contribution is 2.34. The summed E-state index contributed by atoms with van der Waals surface area (Å²) in [6.45, 7) is 2.82. The lowest BCUT2D eigenvalue weighted by Gasteiger charge is -2.17. The van der Waals surface area contributed by atoms with Gasteiger partial charge < -0.3 is 4.98 Å². The predicted molar refractivity (Wildman–Crippen MR) is 150 cm³/mol. The molecule has 196 valence electrons. The standard InChI is InChI=1S/C29H25F2N7S/c1-2-17-7-18(14-38-5-4-29(30,31)16-38)9-20(8-17)21-10-22-26(36-37-27(22)33-11-21)28-34-24-13-32-12-23(25(24)35-28)19-3-6-39-15-19/h3,6-13,15H,2,4-5,14,16H2,1H3,(H,34,35)(H,33,36,37). The molecule has 0 amide bonds. The van der Waals surface area contributed by atoms with E-state index in [2.05, 4.69) is 67.8 Å². The first-order chi connectivity index (χ1) is 19.0. The van der Waals surface area contributed by atoms with Crippen LogP contribution in [0.3, 0.4) is 0 Å². The summed E-state index contributed by atoms with van der Waals surface area (Å²) < 4.78 is 27.5. The van der Waals surface area contributed by atoms with Gasteiger partial charge in [0.15, 0.2) is 11.5 Å². The number of rotatable bonds is 6. The van der Waals surface area contributed by atoms with Crippen LogP contribution in [0.2, 0.25) is 0 Å². The Hall–Kier alpha value is -4.02. The fourth-order valence-corrected chi connectivity index (χ4v) is 6.00. The number of H-pyrrole nitrogens is 2. The van der Waals surface area contributed by atoms with Gasteiger partial charge in [-0.3, -0.25) is 15.0 Å². The van der Waals surface area contributed by atoms with Crippen molar-refractivity contribution in [2.24, 2.45) is 0 Å². The molecule has 1 aromatic carbocycles. The zero-order chi connectivity index (χ0) is 26.6. The number of imidazole rings is 1. The number of pyridine rings is 2. The van der Waals surface area contributed by atoms with Crippen LogP contribution in [-0.4, -0.2) is 54.0 Å². The van der Waals surface area contributed by atoms with Crippen LogP contribution in [0.5, 0.6) is 0 Å². The minimum atomic E-state index is -2.60. The first kappa shape index (κ1) is 24.1. The molecule has 0 saturated carbocycles. The van der Waals surface area contributed by atoms with Crippen molar-refractivity contribution in [2.75, 3.05) is 13.1 Å². The minimum absolute atomic E-state index is 0.0796. The van der Waals surface area contributed by atoms with Crippen LogP contribution in [0.15, 0.2) is 59.7 Å². The molecular weight excluding hydrogens is 516 g/mol. The SMILES string of the molecule is CCc1cc(CN2CCC(F)(F)C2)cc(-c2cnc3n[nH]c(-c4nc5c(-c6ccsc6)cncc5[nH]4)c3c2)c1. The maximum atomic E-state index is 13.8. The van der Waals surface area contributed by atoms with Crippen molar-refractivity contribution in [2.45, 2.75) is 32.2 Å². The van der Waals surface area contributed by atoms with E-state index < -0.39 is 5.92 Å². The summed E-state index contributed by atoms with van der Waals surface area (Å²) in [5, 5.41) is 12.5. The van der Waals surface area contributed by atoms with Crippen molar-refractivity contribution in [3.05, 3.63) is 70.8 Å². The number of hydrogen-bond acceptors (Lipinski definition) is 6. The Morgan fingerprint density at radius 1 is 1.05 bits per heavy atom. The Morgan fingerprint density at radius 3 is 2.74 bits per heavy atom. The second-order valence-electron chi connectivity index (χ2n) is 10.1. The monoisotopic (exact) mass is 541 g/mol. The molecule has 6 aromatic rings. The third-order valence-electron chi connectivity index (χ3n) is 7.32. The average molecular weight is 542 g/mol. The number of halogens is 2. The molecule has 0 atom stereocenters. The van der Waals surface area contributed by atoms with Crippen LogP contribution in [0.4, 0.5) is 8.78 Å². The summed E-state index contributed by atoms with van der Waals surface area (Å²) in [7, 11) is 0. The van der Waals surface area contributed by atoms with E-state index in [1.165, 1.54) is 0 Å². The number of nitrogens with zero attached hydrogens (tertiary/aromatic N) is 5. The van der Waals surface area contributed by atoms with E-state index >= 15 is 0 Å². The van der Waals surface area contributed by atoms with Crippen LogP contribution >= 0.6 is 11.3 Å². The first-order valence-corrected chi connectivity index (χ1v) is 13.8. The first-order valence-electron chi connectivity index (χ1n) is 12.9. The summed E-state index contributed by atoms with van der Waals surface area (Å²) in [4.78, 5) is 19.2. The van der Waals surface area contributed by atoms with Crippen LogP contribution in [0.25, 0.3) is 55.8 Å². The van der Waals surface area contributed by atoms with E-state index in [0.29, 0.717) is 24.6 Å². The lowest BCUT2D eigenvalue weighted by atomic mass is 9.98. The Morgan fingerprint density at radius 2 is 1.95 bits per heavy atom. The maximum absolute atomic E-state index is 13.8. The normalized spacial score (nSPS) is 15.6. The van der Waals surface area contributed by atoms with Crippen molar-refractivity contribution < 1.29 is 8.78 Å². The average Bonchev–Trinajstić information content (AvgIpc) is 3.73. The molecule has 10 heteroatoms. The number of alkyl halides is 2. The zero-order valence-electron chi connectivity index (χ0n) is 21.2. The fourth-order valence-electron chi connectivity index (χ4n) is 5.34. The van der Waals surface area contributed by atoms with Crippen LogP contribution in [0.1, 0.15) is 24.5 Å². The van der Waals surface area contributed by atoms with E-state index in [4.69, 9.17) is 4.98 Å². The van der Waals surface area contributed by atoms with Gasteiger partial charge >= 0.3 is 0 Å². The lowest BCUT2D eigenvalue weighted by Crippen LogP contribution is -2.24. The molecule has 6 heterocycles. The van der Waals surface area contributed by atoms with Gasteiger partial charge in [-0.2, -0.15) is 16.4 Å². The van der Waals surface area contributed by atoms with Gasteiger partial charge in [0.05, 0.1) is 23.6 Å². The van der Waals surface area contributed by atoms with Crippen LogP contribution in [-0.2, 0) is 13.0 Å². The molecular formula is C29H25F2N7S. The van der Waals surface area contributed by atoms with Crippen molar-refractivity contribution in [3.63, 3.8) is 0 Å². The Labute approximate surface area is 227 Å². The maximum Gasteiger partial charge on any atom is 0.261 e. The lowest BCUT2D eigenvalue weighted by molar-refractivity contribution is 0.0115. The largest absolute Gasteiger partial charge is 0.335 e. The minimum Gasteiger partial charge on any atom is -0.335 e. The molecule has 1 aliphatic rings. The number of nitrogens with one attached hydrogen (secondary N) is 2. The van der Waals surface area contributed by atoms with Crippen molar-refractivity contribution in [1.29, 1.82) is 0 Å². The molecule has 0 unspecified atom stereocenters. The van der Waals surface area contributed by atoms with E-state index in [9.17, 15) is 8.78 Å². The summed E-state index contributed by atoms with van der Waals surface area (Å²) in [5.74, 6) is -1.94. The second-order valence-corrected chi connectivity index (χ2v) is 10.9. The highest BCUT2D eigenvalue weighted by molar-refractivity contribution is 7.08.